The first-order valence-corrected chi connectivity index (χ1v) is 10.3. The lowest BCUT2D eigenvalue weighted by atomic mass is 10.1. The zero-order chi connectivity index (χ0) is 12.2. The molecule has 0 aliphatic rings. The molecule has 0 unspecified atom stereocenters. The highest BCUT2D eigenvalue weighted by Gasteiger charge is 1.98. The SMILES string of the molecule is CCCCCCCCCC/C(C)=[CH]/[Al]([CH3])[CH3]. The Bertz CT molecular complexity index is 170. The molecule has 0 aromatic heterocycles. The lowest BCUT2D eigenvalue weighted by Gasteiger charge is -2.03. The summed E-state index contributed by atoms with van der Waals surface area (Å²) >= 11 is -0.469. The molecule has 0 aromatic rings. The highest BCUT2D eigenvalue weighted by atomic mass is 27.2. The zero-order valence-corrected chi connectivity index (χ0v) is 13.2. The van der Waals surface area contributed by atoms with Gasteiger partial charge in [0.1, 0.15) is 0 Å². The molecule has 0 atom stereocenters. The minimum Gasteiger partial charge on any atom is -0.146 e. The summed E-state index contributed by atoms with van der Waals surface area (Å²) in [4.78, 5) is 2.54. The van der Waals surface area contributed by atoms with E-state index in [1.165, 1.54) is 57.8 Å². The Balaban J connectivity index is 3.21. The van der Waals surface area contributed by atoms with Crippen molar-refractivity contribution in [3.63, 3.8) is 0 Å². The van der Waals surface area contributed by atoms with Crippen LogP contribution in [-0.4, -0.2) is 14.1 Å². The molecule has 0 aromatic carbocycles. The fourth-order valence-corrected chi connectivity index (χ4v) is 3.49. The average molecular weight is 238 g/mol. The quantitative estimate of drug-likeness (QED) is 0.335. The molecule has 94 valence electrons. The maximum atomic E-state index is 2.54. The lowest BCUT2D eigenvalue weighted by Crippen LogP contribution is -1.95. The molecule has 0 nitrogen and oxygen atoms in total. The van der Waals surface area contributed by atoms with E-state index >= 15 is 0 Å². The van der Waals surface area contributed by atoms with Crippen molar-refractivity contribution in [1.29, 1.82) is 0 Å². The first-order chi connectivity index (χ1) is 7.66. The Kier molecular flexibility index (Phi) is 11.9. The van der Waals surface area contributed by atoms with E-state index in [2.05, 4.69) is 30.4 Å². The Labute approximate surface area is 108 Å². The molecule has 0 aliphatic carbocycles. The Hall–Kier alpha value is 0.272. The van der Waals surface area contributed by atoms with Crippen LogP contribution in [0.3, 0.4) is 0 Å². The van der Waals surface area contributed by atoms with Gasteiger partial charge in [0, 0.05) is 0 Å². The van der Waals surface area contributed by atoms with Gasteiger partial charge in [0.15, 0.2) is 0 Å². The summed E-state index contributed by atoms with van der Waals surface area (Å²) in [5.74, 6) is 4.80. The van der Waals surface area contributed by atoms with Crippen molar-refractivity contribution in [3.05, 3.63) is 10.5 Å². The largest absolute Gasteiger partial charge is 0.288 e. The fraction of sp³-hybridized carbons (Fsp3) is 0.867. The number of allylic oxidation sites excluding steroid dienone is 1. The van der Waals surface area contributed by atoms with Crippen LogP contribution in [0, 0.1) is 0 Å². The molecule has 0 amide bonds. The Morgan fingerprint density at radius 3 is 1.88 bits per heavy atom. The molecule has 16 heavy (non-hydrogen) atoms. The topological polar surface area (TPSA) is 0 Å². The third-order valence-corrected chi connectivity index (χ3v) is 4.28. The maximum absolute atomic E-state index is 2.54. The van der Waals surface area contributed by atoms with Crippen LogP contribution in [-0.2, 0) is 0 Å². The van der Waals surface area contributed by atoms with Gasteiger partial charge in [-0.2, -0.15) is 0 Å². The van der Waals surface area contributed by atoms with Crippen molar-refractivity contribution in [2.24, 2.45) is 0 Å². The Morgan fingerprint density at radius 1 is 0.875 bits per heavy atom. The predicted molar refractivity (Wildman–Crippen MR) is 78.5 cm³/mol. The van der Waals surface area contributed by atoms with Gasteiger partial charge in [0.05, 0.1) is 0 Å². The first kappa shape index (κ1) is 16.3. The van der Waals surface area contributed by atoms with Crippen LogP contribution in [0.15, 0.2) is 10.5 Å². The van der Waals surface area contributed by atoms with Crippen LogP contribution in [0.25, 0.3) is 0 Å². The number of hydrogen-bond acceptors (Lipinski definition) is 0. The highest BCUT2D eigenvalue weighted by Crippen LogP contribution is 2.12. The first-order valence-electron chi connectivity index (χ1n) is 7.34. The van der Waals surface area contributed by atoms with Gasteiger partial charge in [-0.25, -0.2) is 0 Å². The van der Waals surface area contributed by atoms with E-state index in [0.29, 0.717) is 0 Å². The minimum atomic E-state index is -0.469. The average Bonchev–Trinajstić information content (AvgIpc) is 2.21. The minimum absolute atomic E-state index is 0.469. The fourth-order valence-electron chi connectivity index (χ4n) is 2.19. The van der Waals surface area contributed by atoms with Gasteiger partial charge < -0.3 is 0 Å². The summed E-state index contributed by atoms with van der Waals surface area (Å²) in [5.41, 5.74) is 1.65. The monoisotopic (exact) mass is 238 g/mol. The molecule has 0 spiro atoms. The predicted octanol–water partition coefficient (Wildman–Crippen LogP) is 5.76. The molecular formula is C15H31Al. The van der Waals surface area contributed by atoms with Gasteiger partial charge in [-0.15, -0.1) is 16.5 Å². The van der Waals surface area contributed by atoms with Gasteiger partial charge in [0.25, 0.3) is 14.1 Å². The molecule has 0 radical (unpaired) electrons. The van der Waals surface area contributed by atoms with Gasteiger partial charge in [-0.3, -0.25) is 0 Å². The third kappa shape index (κ3) is 12.3. The summed E-state index contributed by atoms with van der Waals surface area (Å²) in [6.45, 7) is 4.60. The van der Waals surface area contributed by atoms with Gasteiger partial charge in [-0.1, -0.05) is 57.4 Å². The molecule has 0 N–H and O–H groups in total. The second kappa shape index (κ2) is 11.7. The van der Waals surface area contributed by atoms with Crippen molar-refractivity contribution in [2.75, 3.05) is 0 Å². The van der Waals surface area contributed by atoms with Crippen molar-refractivity contribution < 1.29 is 0 Å². The second-order valence-corrected chi connectivity index (χ2v) is 8.30. The van der Waals surface area contributed by atoms with E-state index in [1.54, 1.807) is 5.57 Å². The normalized spacial score (nSPS) is 11.9. The molecule has 0 bridgehead atoms. The summed E-state index contributed by atoms with van der Waals surface area (Å²) < 4.78 is 0. The van der Waals surface area contributed by atoms with Crippen LogP contribution in [0.5, 0.6) is 0 Å². The van der Waals surface area contributed by atoms with E-state index in [9.17, 15) is 0 Å². The van der Waals surface area contributed by atoms with E-state index < -0.39 is 14.1 Å². The maximum Gasteiger partial charge on any atom is 0.288 e. The van der Waals surface area contributed by atoms with Gasteiger partial charge >= 0.3 is 0 Å². The zero-order valence-electron chi connectivity index (χ0n) is 12.0. The standard InChI is InChI=1S/C13H25.2CH3.Al/c1-4-5-6-7-8-9-10-11-12-13(2)3;;;/h2H,4-12H2,1,3H3;2*1H3;. The second-order valence-electron chi connectivity index (χ2n) is 5.48. The van der Waals surface area contributed by atoms with E-state index in [-0.39, 0.29) is 0 Å². The molecule has 0 rings (SSSR count). The van der Waals surface area contributed by atoms with Gasteiger partial charge in [-0.05, 0) is 19.8 Å². The summed E-state index contributed by atoms with van der Waals surface area (Å²) in [6.07, 6.45) is 12.8. The van der Waals surface area contributed by atoms with Crippen LogP contribution >= 0.6 is 0 Å². The van der Waals surface area contributed by atoms with Crippen LogP contribution in [0.4, 0.5) is 0 Å². The van der Waals surface area contributed by atoms with Crippen molar-refractivity contribution >= 4 is 14.1 Å². The van der Waals surface area contributed by atoms with Crippen LogP contribution < -0.4 is 0 Å². The lowest BCUT2D eigenvalue weighted by molar-refractivity contribution is 0.575. The van der Waals surface area contributed by atoms with Gasteiger partial charge in [0.2, 0.25) is 0 Å². The van der Waals surface area contributed by atoms with Crippen LogP contribution in [0.1, 0.15) is 71.6 Å². The molecule has 0 fully saturated rings. The van der Waals surface area contributed by atoms with Crippen molar-refractivity contribution in [1.82, 2.24) is 0 Å². The molecule has 0 saturated carbocycles. The molecule has 1 heteroatoms. The van der Waals surface area contributed by atoms with E-state index in [1.807, 2.05) is 0 Å². The summed E-state index contributed by atoms with van der Waals surface area (Å²) in [7, 11) is 0. The Morgan fingerprint density at radius 2 is 1.38 bits per heavy atom. The number of rotatable bonds is 10. The number of unbranched alkanes of at least 4 members (excludes halogenated alkanes) is 7. The van der Waals surface area contributed by atoms with E-state index in [0.717, 1.165) is 0 Å². The molecule has 0 saturated heterocycles. The molecule has 0 aliphatic heterocycles. The van der Waals surface area contributed by atoms with Crippen LogP contribution in [0.2, 0.25) is 11.6 Å². The number of hydrogen-bond donors (Lipinski definition) is 0. The highest BCUT2D eigenvalue weighted by molar-refractivity contribution is 6.61. The van der Waals surface area contributed by atoms with Crippen molar-refractivity contribution in [2.45, 2.75) is 83.2 Å². The smallest absolute Gasteiger partial charge is 0.146 e. The summed E-state index contributed by atoms with van der Waals surface area (Å²) in [6, 6.07) is 0. The third-order valence-electron chi connectivity index (χ3n) is 3.04. The van der Waals surface area contributed by atoms with Crippen molar-refractivity contribution in [3.8, 4) is 0 Å². The molecule has 0 heterocycles. The molecular weight excluding hydrogens is 207 g/mol. The van der Waals surface area contributed by atoms with E-state index in [4.69, 9.17) is 0 Å². The summed E-state index contributed by atoms with van der Waals surface area (Å²) in [5, 5.41) is 0.